The number of hydrogen-bond donors (Lipinski definition) is 1. The summed E-state index contributed by atoms with van der Waals surface area (Å²) in [6.07, 6.45) is 1.20. The Labute approximate surface area is 179 Å². The lowest BCUT2D eigenvalue weighted by Gasteiger charge is -2.15. The Hall–Kier alpha value is -1.34. The molecule has 2 aromatic rings. The van der Waals surface area contributed by atoms with Crippen LogP contribution in [0.2, 0.25) is 5.02 Å². The Morgan fingerprint density at radius 1 is 1.25 bits per heavy atom. The highest BCUT2D eigenvalue weighted by atomic mass is 79.9. The van der Waals surface area contributed by atoms with Crippen LogP contribution in [-0.4, -0.2) is 26.4 Å². The van der Waals surface area contributed by atoms with Gasteiger partial charge in [-0.15, -0.1) is 0 Å². The van der Waals surface area contributed by atoms with E-state index in [2.05, 4.69) is 21.2 Å². The number of halogens is 3. The molecule has 0 aromatic heterocycles. The zero-order valence-electron chi connectivity index (χ0n) is 16.4. The van der Waals surface area contributed by atoms with E-state index in [1.165, 1.54) is 6.07 Å². The molecule has 154 valence electrons. The van der Waals surface area contributed by atoms with Crippen LogP contribution in [0.1, 0.15) is 31.4 Å². The van der Waals surface area contributed by atoms with E-state index in [-0.39, 0.29) is 12.7 Å². The molecule has 2 aromatic carbocycles. The molecule has 0 spiro atoms. The number of nitrogens with one attached hydrogen (secondary N) is 1. The van der Waals surface area contributed by atoms with Gasteiger partial charge in [0.2, 0.25) is 0 Å². The second-order valence-corrected chi connectivity index (χ2v) is 7.81. The molecular weight excluding hydrogens is 449 g/mol. The third-order valence-corrected chi connectivity index (χ3v) is 4.93. The van der Waals surface area contributed by atoms with Gasteiger partial charge in [0.1, 0.15) is 12.4 Å². The van der Waals surface area contributed by atoms with Crippen LogP contribution in [0, 0.1) is 5.82 Å². The first kappa shape index (κ1) is 22.9. The van der Waals surface area contributed by atoms with Gasteiger partial charge in [0.05, 0.1) is 22.7 Å². The Balaban J connectivity index is 1.97. The maximum Gasteiger partial charge on any atom is 0.175 e. The van der Waals surface area contributed by atoms with Crippen molar-refractivity contribution >= 4 is 27.5 Å². The van der Waals surface area contributed by atoms with Crippen molar-refractivity contribution in [1.82, 2.24) is 5.32 Å². The number of hydrogen-bond acceptors (Lipinski definition) is 4. The molecular formula is C21H26BrClFNO3. The standard InChI is InChI=1S/C21H26BrClFNO3/c1-14(2)27-9-5-8-25-12-15-10-17(22)21(20(11-15)26-3)28-13-16-18(23)6-4-7-19(16)24/h4,6-7,10-11,14,25H,5,8-9,12-13H2,1-3H3. The minimum Gasteiger partial charge on any atom is -0.493 e. The molecule has 0 saturated carbocycles. The fourth-order valence-corrected chi connectivity index (χ4v) is 3.40. The van der Waals surface area contributed by atoms with Crippen molar-refractivity contribution in [2.75, 3.05) is 20.3 Å². The summed E-state index contributed by atoms with van der Waals surface area (Å²) in [6.45, 7) is 6.35. The molecule has 0 atom stereocenters. The average Bonchev–Trinajstić information content (AvgIpc) is 2.64. The van der Waals surface area contributed by atoms with Gasteiger partial charge < -0.3 is 19.5 Å². The molecule has 0 heterocycles. The van der Waals surface area contributed by atoms with Gasteiger partial charge in [-0.3, -0.25) is 0 Å². The maximum atomic E-state index is 13.9. The summed E-state index contributed by atoms with van der Waals surface area (Å²) < 4.78 is 31.5. The number of methoxy groups -OCH3 is 1. The number of benzene rings is 2. The van der Waals surface area contributed by atoms with Crippen molar-refractivity contribution < 1.29 is 18.6 Å². The largest absolute Gasteiger partial charge is 0.493 e. The van der Waals surface area contributed by atoms with Gasteiger partial charge in [0.25, 0.3) is 0 Å². The van der Waals surface area contributed by atoms with Crippen LogP contribution >= 0.6 is 27.5 Å². The van der Waals surface area contributed by atoms with Gasteiger partial charge in [0, 0.05) is 18.7 Å². The zero-order chi connectivity index (χ0) is 20.5. The summed E-state index contributed by atoms with van der Waals surface area (Å²) in [5.74, 6) is 0.683. The lowest BCUT2D eigenvalue weighted by atomic mass is 10.2. The van der Waals surface area contributed by atoms with Crippen molar-refractivity contribution in [3.63, 3.8) is 0 Å². The second kappa shape index (κ2) is 11.6. The molecule has 0 aliphatic carbocycles. The zero-order valence-corrected chi connectivity index (χ0v) is 18.7. The molecule has 0 unspecified atom stereocenters. The van der Waals surface area contributed by atoms with E-state index in [1.54, 1.807) is 19.2 Å². The average molecular weight is 475 g/mol. The monoisotopic (exact) mass is 473 g/mol. The summed E-state index contributed by atoms with van der Waals surface area (Å²) in [6, 6.07) is 8.42. The molecule has 0 aliphatic rings. The van der Waals surface area contributed by atoms with E-state index in [9.17, 15) is 4.39 Å². The van der Waals surface area contributed by atoms with E-state index >= 15 is 0 Å². The molecule has 7 heteroatoms. The minimum atomic E-state index is -0.398. The lowest BCUT2D eigenvalue weighted by molar-refractivity contribution is 0.0770. The Morgan fingerprint density at radius 3 is 2.71 bits per heavy atom. The fraction of sp³-hybridized carbons (Fsp3) is 0.429. The van der Waals surface area contributed by atoms with E-state index in [4.69, 9.17) is 25.8 Å². The van der Waals surface area contributed by atoms with Crippen LogP contribution in [-0.2, 0) is 17.9 Å². The van der Waals surface area contributed by atoms with Crippen molar-refractivity contribution in [2.45, 2.75) is 39.5 Å². The highest BCUT2D eigenvalue weighted by Gasteiger charge is 2.14. The number of rotatable bonds is 11. The summed E-state index contributed by atoms with van der Waals surface area (Å²) in [4.78, 5) is 0. The molecule has 0 aliphatic heterocycles. The van der Waals surface area contributed by atoms with Gasteiger partial charge in [-0.05, 0) is 72.6 Å². The molecule has 0 bridgehead atoms. The van der Waals surface area contributed by atoms with Gasteiger partial charge in [-0.25, -0.2) is 4.39 Å². The van der Waals surface area contributed by atoms with Crippen molar-refractivity contribution in [3.8, 4) is 11.5 Å². The van der Waals surface area contributed by atoms with Crippen molar-refractivity contribution in [1.29, 1.82) is 0 Å². The highest BCUT2D eigenvalue weighted by molar-refractivity contribution is 9.10. The fourth-order valence-electron chi connectivity index (χ4n) is 2.58. The third kappa shape index (κ3) is 6.92. The molecule has 0 amide bonds. The first-order valence-corrected chi connectivity index (χ1v) is 10.3. The van der Waals surface area contributed by atoms with E-state index < -0.39 is 5.82 Å². The highest BCUT2D eigenvalue weighted by Crippen LogP contribution is 2.37. The van der Waals surface area contributed by atoms with Crippen molar-refractivity contribution in [2.24, 2.45) is 0 Å². The van der Waals surface area contributed by atoms with Crippen LogP contribution in [0.5, 0.6) is 11.5 Å². The van der Waals surface area contributed by atoms with Crippen LogP contribution < -0.4 is 14.8 Å². The summed E-state index contributed by atoms with van der Waals surface area (Å²) in [5, 5.41) is 3.71. The van der Waals surface area contributed by atoms with Crippen LogP contribution in [0.25, 0.3) is 0 Å². The molecule has 0 radical (unpaired) electrons. The first-order chi connectivity index (χ1) is 13.4. The summed E-state index contributed by atoms with van der Waals surface area (Å²) >= 11 is 9.58. The minimum absolute atomic E-state index is 0.00785. The van der Waals surface area contributed by atoms with E-state index in [0.717, 1.165) is 29.6 Å². The predicted octanol–water partition coefficient (Wildman–Crippen LogP) is 5.73. The van der Waals surface area contributed by atoms with E-state index in [1.807, 2.05) is 26.0 Å². The topological polar surface area (TPSA) is 39.7 Å². The quantitative estimate of drug-likeness (QED) is 0.422. The molecule has 2 rings (SSSR count). The Kier molecular flexibility index (Phi) is 9.51. The summed E-state index contributed by atoms with van der Waals surface area (Å²) in [7, 11) is 1.57. The predicted molar refractivity (Wildman–Crippen MR) is 114 cm³/mol. The van der Waals surface area contributed by atoms with Gasteiger partial charge in [-0.2, -0.15) is 0 Å². The van der Waals surface area contributed by atoms with Gasteiger partial charge in [-0.1, -0.05) is 17.7 Å². The first-order valence-electron chi connectivity index (χ1n) is 9.16. The normalized spacial score (nSPS) is 11.1. The third-order valence-electron chi connectivity index (χ3n) is 3.99. The Morgan fingerprint density at radius 2 is 2.04 bits per heavy atom. The maximum absolute atomic E-state index is 13.9. The lowest BCUT2D eigenvalue weighted by Crippen LogP contribution is -2.17. The second-order valence-electron chi connectivity index (χ2n) is 6.55. The van der Waals surface area contributed by atoms with Gasteiger partial charge >= 0.3 is 0 Å². The molecule has 4 nitrogen and oxygen atoms in total. The molecule has 28 heavy (non-hydrogen) atoms. The van der Waals surface area contributed by atoms with Crippen LogP contribution in [0.3, 0.4) is 0 Å². The van der Waals surface area contributed by atoms with Gasteiger partial charge in [0.15, 0.2) is 11.5 Å². The Bertz CT molecular complexity index is 753. The van der Waals surface area contributed by atoms with E-state index in [0.29, 0.717) is 28.6 Å². The van der Waals surface area contributed by atoms with Crippen molar-refractivity contribution in [3.05, 3.63) is 56.8 Å². The smallest absolute Gasteiger partial charge is 0.175 e. The molecule has 1 N–H and O–H groups in total. The van der Waals surface area contributed by atoms with Crippen LogP contribution in [0.4, 0.5) is 4.39 Å². The number of ether oxygens (including phenoxy) is 3. The molecule has 0 fully saturated rings. The SMILES string of the molecule is COc1cc(CNCCCOC(C)C)cc(Br)c1OCc1c(F)cccc1Cl. The summed E-state index contributed by atoms with van der Waals surface area (Å²) in [5.41, 5.74) is 1.36. The van der Waals surface area contributed by atoms with Crippen LogP contribution in [0.15, 0.2) is 34.8 Å². The molecule has 0 saturated heterocycles.